The molecule has 0 saturated heterocycles. The van der Waals surface area contributed by atoms with Gasteiger partial charge in [-0.15, -0.1) is 0 Å². The molecule has 25 heavy (non-hydrogen) atoms. The van der Waals surface area contributed by atoms with Crippen LogP contribution in [0.4, 0.5) is 8.78 Å². The van der Waals surface area contributed by atoms with Crippen LogP contribution in [0.5, 0.6) is 0 Å². The molecule has 0 amide bonds. The molecule has 0 aliphatic heterocycles. The number of alkyl halides is 2. The van der Waals surface area contributed by atoms with E-state index in [0.717, 1.165) is 15.8 Å². The third kappa shape index (κ3) is 3.03. The van der Waals surface area contributed by atoms with Gasteiger partial charge in [0.25, 0.3) is 0 Å². The summed E-state index contributed by atoms with van der Waals surface area (Å²) in [6.07, 6.45) is 3.34. The minimum atomic E-state index is -2.79. The van der Waals surface area contributed by atoms with Crippen molar-refractivity contribution in [1.29, 1.82) is 5.26 Å². The summed E-state index contributed by atoms with van der Waals surface area (Å²) in [6, 6.07) is 8.61. The van der Waals surface area contributed by atoms with E-state index in [1.54, 1.807) is 48.3 Å². The number of para-hydroxylation sites is 2. The Bertz CT molecular complexity index is 989. The van der Waals surface area contributed by atoms with Crippen LogP contribution in [-0.2, 0) is 7.05 Å². The molecular weight excluding hydrogens is 324 g/mol. The summed E-state index contributed by atoms with van der Waals surface area (Å²) >= 11 is 0. The zero-order valence-corrected chi connectivity index (χ0v) is 14.1. The highest BCUT2D eigenvalue weighted by molar-refractivity contribution is 5.91. The molecule has 3 aromatic rings. The van der Waals surface area contributed by atoms with Gasteiger partial charge in [0, 0.05) is 18.8 Å². The van der Waals surface area contributed by atoms with Gasteiger partial charge in [0.2, 0.25) is 0 Å². The first-order valence-corrected chi connectivity index (χ1v) is 7.83. The van der Waals surface area contributed by atoms with Gasteiger partial charge in [0.05, 0.1) is 22.3 Å². The van der Waals surface area contributed by atoms with Crippen molar-refractivity contribution in [2.24, 2.45) is 7.05 Å². The number of aryl methyl sites for hydroxylation is 1. The van der Waals surface area contributed by atoms with Crippen LogP contribution >= 0.6 is 0 Å². The average molecular weight is 341 g/mol. The van der Waals surface area contributed by atoms with Crippen molar-refractivity contribution in [3.05, 3.63) is 47.5 Å². The molecule has 0 unspecified atom stereocenters. The minimum Gasteiger partial charge on any atom is -0.275 e. The number of fused-ring (bicyclic) bond motifs is 1. The zero-order chi connectivity index (χ0) is 18.1. The third-order valence-electron chi connectivity index (χ3n) is 3.89. The molecule has 0 N–H and O–H groups in total. The number of allylic oxidation sites excluding steroid dienone is 1. The molecule has 0 saturated carbocycles. The van der Waals surface area contributed by atoms with Crippen LogP contribution < -0.4 is 0 Å². The fourth-order valence-electron chi connectivity index (χ4n) is 2.82. The van der Waals surface area contributed by atoms with Crippen LogP contribution in [-0.4, -0.2) is 19.3 Å². The number of hydrogen-bond donors (Lipinski definition) is 0. The first-order valence-electron chi connectivity index (χ1n) is 7.83. The van der Waals surface area contributed by atoms with E-state index in [4.69, 9.17) is 0 Å². The summed E-state index contributed by atoms with van der Waals surface area (Å²) in [6.45, 7) is 1.18. The Morgan fingerprint density at radius 1 is 1.28 bits per heavy atom. The van der Waals surface area contributed by atoms with E-state index in [2.05, 4.69) is 10.1 Å². The maximum atomic E-state index is 13.6. The number of halogens is 2. The van der Waals surface area contributed by atoms with E-state index >= 15 is 0 Å². The lowest BCUT2D eigenvalue weighted by molar-refractivity contribution is 0.0738. The van der Waals surface area contributed by atoms with Gasteiger partial charge in [-0.3, -0.25) is 9.25 Å². The summed E-state index contributed by atoms with van der Waals surface area (Å²) in [4.78, 5) is 4.25. The Morgan fingerprint density at radius 3 is 2.64 bits per heavy atom. The van der Waals surface area contributed by atoms with E-state index < -0.39 is 6.55 Å². The molecule has 0 radical (unpaired) electrons. The molecule has 5 nitrogen and oxygen atoms in total. The van der Waals surface area contributed by atoms with Crippen LogP contribution in [0, 0.1) is 11.3 Å². The molecule has 0 aliphatic rings. The summed E-state index contributed by atoms with van der Waals surface area (Å²) < 4.78 is 29.6. The molecule has 0 spiro atoms. The van der Waals surface area contributed by atoms with E-state index in [1.807, 2.05) is 19.9 Å². The largest absolute Gasteiger partial charge is 0.320 e. The molecule has 3 rings (SSSR count). The first kappa shape index (κ1) is 16.8. The standard InChI is InChI=1S/C18H17F2N5/c1-11(2)16-13(10-24(3)23-16)8-12(9-21)17-22-14-6-4-5-7-15(14)25(17)18(19)20/h4-8,10-11,18H,1-3H3. The SMILES string of the molecule is CC(C)c1nn(C)cc1C=C(C#N)c1nc2ccccc2n1C(F)F. The Kier molecular flexibility index (Phi) is 4.36. The quantitative estimate of drug-likeness (QED) is 0.663. The zero-order valence-electron chi connectivity index (χ0n) is 14.1. The van der Waals surface area contributed by atoms with Gasteiger partial charge in [-0.1, -0.05) is 26.0 Å². The summed E-state index contributed by atoms with van der Waals surface area (Å²) in [5.74, 6) is 0.0959. The molecule has 128 valence electrons. The number of rotatable bonds is 4. The minimum absolute atomic E-state index is 0.0442. The molecule has 0 aliphatic carbocycles. The van der Waals surface area contributed by atoms with Gasteiger partial charge in [0.1, 0.15) is 6.07 Å². The van der Waals surface area contributed by atoms with Crippen molar-refractivity contribution < 1.29 is 8.78 Å². The third-order valence-corrected chi connectivity index (χ3v) is 3.89. The number of hydrogen-bond acceptors (Lipinski definition) is 3. The molecule has 2 aromatic heterocycles. The second-order valence-electron chi connectivity index (χ2n) is 6.04. The van der Waals surface area contributed by atoms with E-state index in [1.165, 1.54) is 0 Å². The number of imidazole rings is 1. The summed E-state index contributed by atoms with van der Waals surface area (Å²) in [5.41, 5.74) is 2.32. The topological polar surface area (TPSA) is 59.4 Å². The van der Waals surface area contributed by atoms with Crippen LogP contribution in [0.15, 0.2) is 30.5 Å². The van der Waals surface area contributed by atoms with E-state index in [9.17, 15) is 14.0 Å². The van der Waals surface area contributed by atoms with Gasteiger partial charge in [-0.2, -0.15) is 19.1 Å². The van der Waals surface area contributed by atoms with Crippen molar-refractivity contribution in [3.8, 4) is 6.07 Å². The van der Waals surface area contributed by atoms with Gasteiger partial charge >= 0.3 is 6.55 Å². The number of aromatic nitrogens is 4. The molecule has 1 aromatic carbocycles. The lowest BCUT2D eigenvalue weighted by atomic mass is 10.0. The Labute approximate surface area is 143 Å². The fraction of sp³-hybridized carbons (Fsp3) is 0.278. The highest BCUT2D eigenvalue weighted by atomic mass is 19.3. The second kappa shape index (κ2) is 6.48. The van der Waals surface area contributed by atoms with Crippen LogP contribution in [0.3, 0.4) is 0 Å². The number of nitrogens with zero attached hydrogens (tertiary/aromatic N) is 5. The normalized spacial score (nSPS) is 12.3. The fourth-order valence-corrected chi connectivity index (χ4v) is 2.82. The molecule has 7 heteroatoms. The second-order valence-corrected chi connectivity index (χ2v) is 6.04. The van der Waals surface area contributed by atoms with Crippen LogP contribution in [0.2, 0.25) is 0 Å². The lowest BCUT2D eigenvalue weighted by Gasteiger charge is -2.07. The van der Waals surface area contributed by atoms with Crippen molar-refractivity contribution in [2.75, 3.05) is 0 Å². The monoisotopic (exact) mass is 341 g/mol. The maximum Gasteiger partial charge on any atom is 0.320 e. The Hall–Kier alpha value is -3.01. The predicted octanol–water partition coefficient (Wildman–Crippen LogP) is 4.35. The Morgan fingerprint density at radius 2 is 2.00 bits per heavy atom. The van der Waals surface area contributed by atoms with E-state index in [-0.39, 0.29) is 17.3 Å². The van der Waals surface area contributed by atoms with Gasteiger partial charge in [-0.25, -0.2) is 4.98 Å². The van der Waals surface area contributed by atoms with Crippen molar-refractivity contribution >= 4 is 22.7 Å². The Balaban J connectivity index is 2.22. The van der Waals surface area contributed by atoms with Crippen molar-refractivity contribution in [2.45, 2.75) is 26.3 Å². The van der Waals surface area contributed by atoms with Crippen LogP contribution in [0.1, 0.15) is 43.4 Å². The van der Waals surface area contributed by atoms with Crippen LogP contribution in [0.25, 0.3) is 22.7 Å². The smallest absolute Gasteiger partial charge is 0.275 e. The lowest BCUT2D eigenvalue weighted by Crippen LogP contribution is -2.03. The molecule has 0 atom stereocenters. The highest BCUT2D eigenvalue weighted by Crippen LogP contribution is 2.29. The average Bonchev–Trinajstić information content (AvgIpc) is 3.12. The number of benzene rings is 1. The van der Waals surface area contributed by atoms with Crippen molar-refractivity contribution in [1.82, 2.24) is 19.3 Å². The molecule has 0 bridgehead atoms. The molecular formula is C18H17F2N5. The van der Waals surface area contributed by atoms with E-state index in [0.29, 0.717) is 11.0 Å². The maximum absolute atomic E-state index is 13.6. The predicted molar refractivity (Wildman–Crippen MR) is 91.8 cm³/mol. The summed E-state index contributed by atoms with van der Waals surface area (Å²) in [5, 5.41) is 13.9. The number of nitriles is 1. The van der Waals surface area contributed by atoms with Gasteiger partial charge in [0.15, 0.2) is 5.82 Å². The van der Waals surface area contributed by atoms with Crippen molar-refractivity contribution in [3.63, 3.8) is 0 Å². The van der Waals surface area contributed by atoms with Gasteiger partial charge in [-0.05, 0) is 24.1 Å². The summed E-state index contributed by atoms with van der Waals surface area (Å²) in [7, 11) is 1.78. The molecule has 0 fully saturated rings. The molecule has 2 heterocycles. The first-order chi connectivity index (χ1) is 11.9. The van der Waals surface area contributed by atoms with Gasteiger partial charge < -0.3 is 0 Å². The highest BCUT2D eigenvalue weighted by Gasteiger charge is 2.21.